The highest BCUT2D eigenvalue weighted by molar-refractivity contribution is 5.82. The Morgan fingerprint density at radius 2 is 1.65 bits per heavy atom. The van der Waals surface area contributed by atoms with E-state index < -0.39 is 0 Å². The first-order valence-corrected chi connectivity index (χ1v) is 9.33. The summed E-state index contributed by atoms with van der Waals surface area (Å²) in [7, 11) is 0. The first-order valence-electron chi connectivity index (χ1n) is 9.33. The monoisotopic (exact) mass is 347 g/mol. The van der Waals surface area contributed by atoms with Crippen LogP contribution in [0.3, 0.4) is 0 Å². The number of nitrogens with zero attached hydrogens (tertiary/aromatic N) is 2. The molecular weight excluding hydrogens is 322 g/mol. The van der Waals surface area contributed by atoms with E-state index in [0.717, 1.165) is 36.8 Å². The lowest BCUT2D eigenvalue weighted by Gasteiger charge is -2.39. The van der Waals surface area contributed by atoms with E-state index in [-0.39, 0.29) is 11.6 Å². The molecule has 2 aromatic heterocycles. The van der Waals surface area contributed by atoms with Crippen molar-refractivity contribution in [2.24, 2.45) is 11.7 Å². The Kier molecular flexibility index (Phi) is 4.60. The van der Waals surface area contributed by atoms with E-state index in [1.165, 1.54) is 10.9 Å². The van der Waals surface area contributed by atoms with Crippen LogP contribution >= 0.6 is 0 Å². The maximum atomic E-state index is 6.70. The molecule has 1 saturated carbocycles. The molecule has 1 fully saturated rings. The highest BCUT2D eigenvalue weighted by Crippen LogP contribution is 2.38. The molecule has 4 nitrogen and oxygen atoms in total. The molecule has 0 radical (unpaired) electrons. The van der Waals surface area contributed by atoms with Gasteiger partial charge in [0.25, 0.3) is 0 Å². The molecule has 0 aliphatic heterocycles. The van der Waals surface area contributed by atoms with Gasteiger partial charge >= 0.3 is 0 Å². The second-order valence-corrected chi connectivity index (χ2v) is 7.49. The third kappa shape index (κ3) is 3.42. The van der Waals surface area contributed by atoms with E-state index in [4.69, 9.17) is 10.5 Å². The summed E-state index contributed by atoms with van der Waals surface area (Å²) in [5.74, 6) is 1.41. The molecule has 1 aromatic carbocycles. The maximum absolute atomic E-state index is 6.70. The number of rotatable bonds is 4. The Bertz CT molecular complexity index is 871. The molecule has 1 atom stereocenters. The zero-order valence-corrected chi connectivity index (χ0v) is 15.1. The highest BCUT2D eigenvalue weighted by atomic mass is 16.5. The zero-order valence-electron chi connectivity index (χ0n) is 15.1. The molecule has 2 N–H and O–H groups in total. The highest BCUT2D eigenvalue weighted by Gasteiger charge is 2.35. The minimum atomic E-state index is -0.316. The van der Waals surface area contributed by atoms with E-state index in [0.29, 0.717) is 5.92 Å². The van der Waals surface area contributed by atoms with Crippen molar-refractivity contribution in [1.29, 1.82) is 0 Å². The van der Waals surface area contributed by atoms with Gasteiger partial charge in [-0.2, -0.15) is 0 Å². The van der Waals surface area contributed by atoms with E-state index in [9.17, 15) is 0 Å². The van der Waals surface area contributed by atoms with Gasteiger partial charge in [-0.05, 0) is 85.9 Å². The fourth-order valence-electron chi connectivity index (χ4n) is 4.05. The predicted octanol–water partition coefficient (Wildman–Crippen LogP) is 4.44. The van der Waals surface area contributed by atoms with Gasteiger partial charge in [0.15, 0.2) is 0 Å². The van der Waals surface area contributed by atoms with Crippen molar-refractivity contribution in [2.45, 2.75) is 44.2 Å². The van der Waals surface area contributed by atoms with Crippen LogP contribution in [0, 0.1) is 5.92 Å². The summed E-state index contributed by atoms with van der Waals surface area (Å²) in [6, 6.07) is 12.3. The summed E-state index contributed by atoms with van der Waals surface area (Å²) in [4.78, 5) is 8.26. The van der Waals surface area contributed by atoms with Crippen molar-refractivity contribution >= 4 is 10.8 Å². The minimum Gasteiger partial charge on any atom is -0.490 e. The molecule has 2 heterocycles. The predicted molar refractivity (Wildman–Crippen MR) is 104 cm³/mol. The number of hydrogen-bond acceptors (Lipinski definition) is 4. The van der Waals surface area contributed by atoms with Gasteiger partial charge in [0, 0.05) is 35.7 Å². The summed E-state index contributed by atoms with van der Waals surface area (Å²) in [5.41, 5.74) is 7.55. The third-order valence-electron chi connectivity index (χ3n) is 5.74. The normalized spacial score (nSPS) is 22.7. The Balaban J connectivity index is 1.40. The molecule has 134 valence electrons. The van der Waals surface area contributed by atoms with E-state index >= 15 is 0 Å². The van der Waals surface area contributed by atoms with Crippen molar-refractivity contribution in [1.82, 2.24) is 9.97 Å². The minimum absolute atomic E-state index is 0.263. The number of hydrogen-bond donors (Lipinski definition) is 1. The lowest BCUT2D eigenvalue weighted by Crippen LogP contribution is -2.44. The summed E-state index contributed by atoms with van der Waals surface area (Å²) in [5, 5.41) is 2.30. The summed E-state index contributed by atoms with van der Waals surface area (Å²) in [6.07, 6.45) is 11.8. The molecule has 1 aliphatic rings. The third-order valence-corrected chi connectivity index (χ3v) is 5.74. The number of fused-ring (bicyclic) bond motifs is 1. The molecule has 3 aromatic rings. The fourth-order valence-corrected chi connectivity index (χ4v) is 4.05. The lowest BCUT2D eigenvalue weighted by atomic mass is 9.72. The van der Waals surface area contributed by atoms with E-state index in [1.807, 2.05) is 49.1 Å². The van der Waals surface area contributed by atoms with Crippen molar-refractivity contribution in [2.75, 3.05) is 0 Å². The topological polar surface area (TPSA) is 61.0 Å². The molecule has 0 spiro atoms. The molecule has 4 heteroatoms. The number of aromatic nitrogens is 2. The van der Waals surface area contributed by atoms with Crippen LogP contribution in [0.15, 0.2) is 61.2 Å². The number of nitrogens with two attached hydrogens (primary N) is 1. The van der Waals surface area contributed by atoms with Crippen LogP contribution in [0.5, 0.6) is 5.75 Å². The summed E-state index contributed by atoms with van der Waals surface area (Å²) in [6.45, 7) is 2.14. The standard InChI is InChI=1S/C22H25N3O/c1-22(23,19-9-12-24-13-10-19)18-3-6-20(7-4-18)26-21-5-2-17-15-25-11-8-16(17)14-21/h2,5,8-15,18,20H,3-4,6-7,23H2,1H3. The quantitative estimate of drug-likeness (QED) is 0.758. The van der Waals surface area contributed by atoms with Crippen molar-refractivity contribution in [3.63, 3.8) is 0 Å². The van der Waals surface area contributed by atoms with Crippen molar-refractivity contribution in [3.05, 3.63) is 66.7 Å². The average Bonchev–Trinajstić information content (AvgIpc) is 2.69. The first kappa shape index (κ1) is 17.0. The Labute approximate surface area is 154 Å². The molecule has 1 aliphatic carbocycles. The second-order valence-electron chi connectivity index (χ2n) is 7.49. The van der Waals surface area contributed by atoms with E-state index in [1.54, 1.807) is 0 Å². The zero-order chi connectivity index (χ0) is 18.0. The second kappa shape index (κ2) is 7.04. The van der Waals surface area contributed by atoms with Gasteiger partial charge in [0.1, 0.15) is 5.75 Å². The Morgan fingerprint density at radius 1 is 0.923 bits per heavy atom. The van der Waals surface area contributed by atoms with Crippen LogP contribution in [0.1, 0.15) is 38.2 Å². The van der Waals surface area contributed by atoms with Crippen LogP contribution in [0.2, 0.25) is 0 Å². The van der Waals surface area contributed by atoms with Crippen LogP contribution < -0.4 is 10.5 Å². The Hall–Kier alpha value is -2.46. The number of pyridine rings is 2. The van der Waals surface area contributed by atoms with Gasteiger partial charge in [-0.3, -0.25) is 9.97 Å². The van der Waals surface area contributed by atoms with Gasteiger partial charge in [-0.25, -0.2) is 0 Å². The first-order chi connectivity index (χ1) is 12.6. The number of ether oxygens (including phenoxy) is 1. The number of benzene rings is 1. The van der Waals surface area contributed by atoms with Crippen molar-refractivity contribution in [3.8, 4) is 5.75 Å². The molecule has 0 bridgehead atoms. The Morgan fingerprint density at radius 3 is 2.42 bits per heavy atom. The smallest absolute Gasteiger partial charge is 0.120 e. The summed E-state index contributed by atoms with van der Waals surface area (Å²) >= 11 is 0. The molecular formula is C22H25N3O. The van der Waals surface area contributed by atoms with Crippen LogP contribution in [-0.2, 0) is 5.54 Å². The molecule has 4 rings (SSSR count). The molecule has 26 heavy (non-hydrogen) atoms. The summed E-state index contributed by atoms with van der Waals surface area (Å²) < 4.78 is 6.26. The van der Waals surface area contributed by atoms with Gasteiger partial charge in [0.05, 0.1) is 6.10 Å². The SMILES string of the molecule is CC(N)(c1ccncc1)C1CCC(Oc2ccc3cnccc3c2)CC1. The van der Waals surface area contributed by atoms with Crippen molar-refractivity contribution < 1.29 is 4.74 Å². The molecule has 1 unspecified atom stereocenters. The molecule has 0 saturated heterocycles. The van der Waals surface area contributed by atoms with Crippen LogP contribution in [-0.4, -0.2) is 16.1 Å². The maximum Gasteiger partial charge on any atom is 0.120 e. The van der Waals surface area contributed by atoms with E-state index in [2.05, 4.69) is 29.0 Å². The largest absolute Gasteiger partial charge is 0.490 e. The average molecular weight is 347 g/mol. The molecule has 0 amide bonds. The van der Waals surface area contributed by atoms with Gasteiger partial charge in [-0.1, -0.05) is 0 Å². The fraction of sp³-hybridized carbons (Fsp3) is 0.364. The van der Waals surface area contributed by atoms with Gasteiger partial charge in [0.2, 0.25) is 0 Å². The lowest BCUT2D eigenvalue weighted by molar-refractivity contribution is 0.104. The van der Waals surface area contributed by atoms with Crippen LogP contribution in [0.4, 0.5) is 0 Å². The van der Waals surface area contributed by atoms with Gasteiger partial charge < -0.3 is 10.5 Å². The van der Waals surface area contributed by atoms with Crippen LogP contribution in [0.25, 0.3) is 10.8 Å². The van der Waals surface area contributed by atoms with Gasteiger partial charge in [-0.15, -0.1) is 0 Å².